The number of nitrogens with zero attached hydrogens (tertiary/aromatic N) is 1. The van der Waals surface area contributed by atoms with Crippen LogP contribution in [0, 0.1) is 18.8 Å². The molecule has 136 valence electrons. The van der Waals surface area contributed by atoms with Crippen LogP contribution in [-0.4, -0.2) is 60.6 Å². The van der Waals surface area contributed by atoms with Crippen molar-refractivity contribution >= 4 is 11.8 Å². The van der Waals surface area contributed by atoms with Crippen molar-refractivity contribution in [3.63, 3.8) is 0 Å². The second kappa shape index (κ2) is 7.97. The van der Waals surface area contributed by atoms with Crippen molar-refractivity contribution in [3.8, 4) is 0 Å². The monoisotopic (exact) mass is 345 g/mol. The van der Waals surface area contributed by atoms with Crippen LogP contribution < -0.4 is 10.6 Å². The van der Waals surface area contributed by atoms with Crippen LogP contribution in [0.3, 0.4) is 0 Å². The molecule has 2 aliphatic rings. The number of β-amino-alcohol motifs (C(OH)–C–C–N with tert-alkyl or cyclic N) is 1. The van der Waals surface area contributed by atoms with Crippen molar-refractivity contribution in [2.24, 2.45) is 11.8 Å². The van der Waals surface area contributed by atoms with Gasteiger partial charge >= 0.3 is 0 Å². The van der Waals surface area contributed by atoms with Gasteiger partial charge in [-0.05, 0) is 31.9 Å². The summed E-state index contributed by atoms with van der Waals surface area (Å²) in [5.41, 5.74) is 1.79. The van der Waals surface area contributed by atoms with Crippen molar-refractivity contribution in [2.75, 3.05) is 32.7 Å². The highest BCUT2D eigenvalue weighted by Crippen LogP contribution is 2.19. The van der Waals surface area contributed by atoms with Crippen LogP contribution in [0.25, 0.3) is 0 Å². The third-order valence-electron chi connectivity index (χ3n) is 5.22. The van der Waals surface area contributed by atoms with Crippen LogP contribution >= 0.6 is 0 Å². The molecule has 3 rings (SSSR count). The van der Waals surface area contributed by atoms with E-state index in [1.165, 1.54) is 0 Å². The molecule has 2 aliphatic heterocycles. The number of carbonyl (C=O) groups is 2. The van der Waals surface area contributed by atoms with E-state index in [-0.39, 0.29) is 23.7 Å². The molecule has 3 N–H and O–H groups in total. The summed E-state index contributed by atoms with van der Waals surface area (Å²) in [5.74, 6) is -0.124. The van der Waals surface area contributed by atoms with Crippen molar-refractivity contribution in [3.05, 3.63) is 35.4 Å². The van der Waals surface area contributed by atoms with E-state index in [2.05, 4.69) is 10.6 Å². The Kier molecular flexibility index (Phi) is 5.71. The van der Waals surface area contributed by atoms with Gasteiger partial charge < -0.3 is 20.6 Å². The molecule has 1 aromatic rings. The van der Waals surface area contributed by atoms with E-state index in [0.29, 0.717) is 31.7 Å². The van der Waals surface area contributed by atoms with Gasteiger partial charge in [-0.3, -0.25) is 9.59 Å². The molecule has 6 nitrogen and oxygen atoms in total. The van der Waals surface area contributed by atoms with Gasteiger partial charge in [-0.2, -0.15) is 0 Å². The number of hydrogen-bond acceptors (Lipinski definition) is 4. The Morgan fingerprint density at radius 3 is 2.72 bits per heavy atom. The van der Waals surface area contributed by atoms with Gasteiger partial charge in [0.1, 0.15) is 0 Å². The first-order valence-electron chi connectivity index (χ1n) is 9.07. The number of carbonyl (C=O) groups excluding carboxylic acids is 2. The van der Waals surface area contributed by atoms with Crippen LogP contribution in [0.4, 0.5) is 0 Å². The van der Waals surface area contributed by atoms with Crippen LogP contribution in [0.1, 0.15) is 28.8 Å². The summed E-state index contributed by atoms with van der Waals surface area (Å²) in [6.07, 6.45) is 1.24. The average molecular weight is 345 g/mol. The zero-order chi connectivity index (χ0) is 17.8. The molecular weight excluding hydrogens is 318 g/mol. The minimum atomic E-state index is -0.397. The summed E-state index contributed by atoms with van der Waals surface area (Å²) >= 11 is 0. The Morgan fingerprint density at radius 2 is 2.04 bits per heavy atom. The second-order valence-electron chi connectivity index (χ2n) is 7.19. The van der Waals surface area contributed by atoms with Gasteiger partial charge in [0.2, 0.25) is 5.91 Å². The van der Waals surface area contributed by atoms with Gasteiger partial charge in [-0.1, -0.05) is 17.7 Å². The lowest BCUT2D eigenvalue weighted by Crippen LogP contribution is -2.46. The topological polar surface area (TPSA) is 81.7 Å². The molecule has 2 amide bonds. The predicted molar refractivity (Wildman–Crippen MR) is 95.2 cm³/mol. The van der Waals surface area contributed by atoms with Gasteiger partial charge in [0, 0.05) is 44.2 Å². The highest BCUT2D eigenvalue weighted by atomic mass is 16.3. The molecule has 3 atom stereocenters. The Bertz CT molecular complexity index is 617. The molecule has 1 aromatic carbocycles. The largest absolute Gasteiger partial charge is 0.391 e. The predicted octanol–water partition coefficient (Wildman–Crippen LogP) is 0.544. The van der Waals surface area contributed by atoms with Crippen molar-refractivity contribution in [1.82, 2.24) is 15.5 Å². The third kappa shape index (κ3) is 4.38. The van der Waals surface area contributed by atoms with Crippen molar-refractivity contribution < 1.29 is 14.7 Å². The highest BCUT2D eigenvalue weighted by Gasteiger charge is 2.30. The zero-order valence-electron chi connectivity index (χ0n) is 14.7. The summed E-state index contributed by atoms with van der Waals surface area (Å²) in [6.45, 7) is 4.94. The molecule has 0 aliphatic carbocycles. The van der Waals surface area contributed by atoms with Crippen molar-refractivity contribution in [1.29, 1.82) is 0 Å². The minimum Gasteiger partial charge on any atom is -0.391 e. The number of aryl methyl sites for hydroxylation is 1. The molecule has 25 heavy (non-hydrogen) atoms. The lowest BCUT2D eigenvalue weighted by Gasteiger charge is -2.32. The Balaban J connectivity index is 1.54. The quantitative estimate of drug-likeness (QED) is 0.744. The first-order valence-corrected chi connectivity index (χ1v) is 9.07. The molecule has 3 unspecified atom stereocenters. The molecule has 2 fully saturated rings. The number of aliphatic hydroxyl groups excluding tert-OH is 1. The molecule has 0 bridgehead atoms. The lowest BCUT2D eigenvalue weighted by molar-refractivity contribution is -0.126. The summed E-state index contributed by atoms with van der Waals surface area (Å²) in [7, 11) is 0. The smallest absolute Gasteiger partial charge is 0.253 e. The number of rotatable bonds is 4. The number of piperidine rings is 1. The minimum absolute atomic E-state index is 0.00656. The summed E-state index contributed by atoms with van der Waals surface area (Å²) in [6, 6.07) is 7.55. The van der Waals surface area contributed by atoms with Gasteiger partial charge in [0.25, 0.3) is 5.91 Å². The fourth-order valence-electron chi connectivity index (χ4n) is 3.56. The number of aliphatic hydroxyl groups is 1. The van der Waals surface area contributed by atoms with Crippen LogP contribution in [0.5, 0.6) is 0 Å². The van der Waals surface area contributed by atoms with Crippen LogP contribution in [-0.2, 0) is 4.79 Å². The summed E-state index contributed by atoms with van der Waals surface area (Å²) in [5, 5.41) is 15.9. The molecule has 2 heterocycles. The van der Waals surface area contributed by atoms with E-state index in [1.807, 2.05) is 31.2 Å². The van der Waals surface area contributed by atoms with Crippen LogP contribution in [0.2, 0.25) is 0 Å². The highest BCUT2D eigenvalue weighted by molar-refractivity contribution is 5.94. The van der Waals surface area contributed by atoms with Gasteiger partial charge in [0.15, 0.2) is 0 Å². The van der Waals surface area contributed by atoms with Crippen molar-refractivity contribution in [2.45, 2.75) is 25.9 Å². The zero-order valence-corrected chi connectivity index (χ0v) is 14.7. The maximum absolute atomic E-state index is 12.6. The molecule has 6 heteroatoms. The van der Waals surface area contributed by atoms with E-state index in [9.17, 15) is 14.7 Å². The van der Waals surface area contributed by atoms with Crippen LogP contribution in [0.15, 0.2) is 24.3 Å². The lowest BCUT2D eigenvalue weighted by atomic mass is 9.96. The van der Waals surface area contributed by atoms with Gasteiger partial charge in [-0.25, -0.2) is 0 Å². The molecule has 0 radical (unpaired) electrons. The molecule has 2 saturated heterocycles. The number of likely N-dealkylation sites (tertiary alicyclic amines) is 1. The fraction of sp³-hybridized carbons (Fsp3) is 0.579. The Morgan fingerprint density at radius 1 is 1.28 bits per heavy atom. The fourth-order valence-corrected chi connectivity index (χ4v) is 3.56. The van der Waals surface area contributed by atoms with E-state index < -0.39 is 6.10 Å². The number of amides is 2. The SMILES string of the molecule is Cc1ccc(C(=O)N2CCCC(C(=O)NCC3CNCC3O)C2)cc1. The third-order valence-corrected chi connectivity index (χ3v) is 5.22. The molecular formula is C19H27N3O3. The maximum Gasteiger partial charge on any atom is 0.253 e. The van der Waals surface area contributed by atoms with E-state index >= 15 is 0 Å². The number of hydrogen-bond donors (Lipinski definition) is 3. The normalized spacial score (nSPS) is 26.5. The summed E-state index contributed by atoms with van der Waals surface area (Å²) < 4.78 is 0. The maximum atomic E-state index is 12.6. The molecule has 0 aromatic heterocycles. The summed E-state index contributed by atoms with van der Waals surface area (Å²) in [4.78, 5) is 26.9. The van der Waals surface area contributed by atoms with Gasteiger partial charge in [0.05, 0.1) is 12.0 Å². The standard InChI is InChI=1S/C19H27N3O3/c1-13-4-6-14(7-5-13)19(25)22-8-2-3-15(12-22)18(24)21-10-16-9-20-11-17(16)23/h4-7,15-17,20,23H,2-3,8-12H2,1H3,(H,21,24). The number of benzene rings is 1. The molecule has 0 spiro atoms. The first-order chi connectivity index (χ1) is 12.0. The van der Waals surface area contributed by atoms with E-state index in [4.69, 9.17) is 0 Å². The number of nitrogens with one attached hydrogen (secondary N) is 2. The molecule has 0 saturated carbocycles. The first kappa shape index (κ1) is 17.9. The average Bonchev–Trinajstić information content (AvgIpc) is 3.05. The van der Waals surface area contributed by atoms with Gasteiger partial charge in [-0.15, -0.1) is 0 Å². The van der Waals surface area contributed by atoms with E-state index in [1.54, 1.807) is 4.90 Å². The van der Waals surface area contributed by atoms with E-state index in [0.717, 1.165) is 24.9 Å². The second-order valence-corrected chi connectivity index (χ2v) is 7.19. The Hall–Kier alpha value is -1.92. The Labute approximate surface area is 148 Å².